The molecule has 0 radical (unpaired) electrons. The van der Waals surface area contributed by atoms with E-state index in [1.807, 2.05) is 21.8 Å². The highest BCUT2D eigenvalue weighted by molar-refractivity contribution is 7.09. The van der Waals surface area contributed by atoms with Crippen LogP contribution in [0.2, 0.25) is 0 Å². The van der Waals surface area contributed by atoms with Gasteiger partial charge >= 0.3 is 0 Å². The van der Waals surface area contributed by atoms with E-state index in [0.29, 0.717) is 0 Å². The molecule has 0 saturated carbocycles. The summed E-state index contributed by atoms with van der Waals surface area (Å²) in [5.74, 6) is 0.163. The molecule has 1 fully saturated rings. The van der Waals surface area contributed by atoms with E-state index in [1.54, 1.807) is 18.3 Å². The highest BCUT2D eigenvalue weighted by Gasteiger charge is 2.19. The first-order valence-electron chi connectivity index (χ1n) is 7.10. The maximum Gasteiger partial charge on any atom is 0.219 e. The molecule has 1 amide bonds. The highest BCUT2D eigenvalue weighted by atomic mass is 32.1. The third-order valence-corrected chi connectivity index (χ3v) is 4.55. The van der Waals surface area contributed by atoms with E-state index in [2.05, 4.69) is 26.7 Å². The summed E-state index contributed by atoms with van der Waals surface area (Å²) in [6.45, 7) is 6.62. The van der Waals surface area contributed by atoms with Crippen molar-refractivity contribution in [2.75, 3.05) is 26.2 Å². The van der Waals surface area contributed by atoms with Gasteiger partial charge in [0.25, 0.3) is 0 Å². The fourth-order valence-electron chi connectivity index (χ4n) is 2.50. The average Bonchev–Trinajstić information content (AvgIpc) is 3.12. The zero-order valence-corrected chi connectivity index (χ0v) is 12.9. The van der Waals surface area contributed by atoms with E-state index in [0.717, 1.165) is 45.0 Å². The van der Waals surface area contributed by atoms with Gasteiger partial charge in [-0.2, -0.15) is 0 Å². The number of hydrogen-bond donors (Lipinski definition) is 0. The van der Waals surface area contributed by atoms with Gasteiger partial charge in [0.15, 0.2) is 0 Å². The van der Waals surface area contributed by atoms with Gasteiger partial charge in [-0.25, -0.2) is 4.68 Å². The maximum atomic E-state index is 11.3. The second-order valence-corrected chi connectivity index (χ2v) is 6.30. The Labute approximate surface area is 128 Å². The SMILES string of the molecule is CC(=O)N1CCN(Cc2cn(Cc3cccs3)nn2)CC1. The van der Waals surface area contributed by atoms with Crippen molar-refractivity contribution in [2.24, 2.45) is 0 Å². The minimum atomic E-state index is 0.163. The molecule has 7 heteroatoms. The van der Waals surface area contributed by atoms with Crippen LogP contribution in [0.5, 0.6) is 0 Å². The van der Waals surface area contributed by atoms with Crippen LogP contribution in [0.15, 0.2) is 23.7 Å². The van der Waals surface area contributed by atoms with Crippen LogP contribution in [0.1, 0.15) is 17.5 Å². The Bertz CT molecular complexity index is 586. The number of carbonyl (C=O) groups is 1. The predicted octanol–water partition coefficient (Wildman–Crippen LogP) is 1.05. The Kier molecular flexibility index (Phi) is 4.31. The number of thiophene rings is 1. The first-order chi connectivity index (χ1) is 10.2. The fourth-order valence-corrected chi connectivity index (χ4v) is 3.20. The fraction of sp³-hybridized carbons (Fsp3) is 0.500. The molecule has 1 saturated heterocycles. The van der Waals surface area contributed by atoms with Crippen molar-refractivity contribution in [3.8, 4) is 0 Å². The van der Waals surface area contributed by atoms with Crippen molar-refractivity contribution in [1.82, 2.24) is 24.8 Å². The lowest BCUT2D eigenvalue weighted by Crippen LogP contribution is -2.47. The van der Waals surface area contributed by atoms with Crippen LogP contribution < -0.4 is 0 Å². The van der Waals surface area contributed by atoms with Crippen molar-refractivity contribution in [1.29, 1.82) is 0 Å². The third-order valence-electron chi connectivity index (χ3n) is 3.69. The topological polar surface area (TPSA) is 54.3 Å². The Morgan fingerprint density at radius 3 is 2.76 bits per heavy atom. The summed E-state index contributed by atoms with van der Waals surface area (Å²) in [5, 5.41) is 10.5. The quantitative estimate of drug-likeness (QED) is 0.847. The number of nitrogens with zero attached hydrogens (tertiary/aromatic N) is 5. The number of piperazine rings is 1. The second-order valence-electron chi connectivity index (χ2n) is 5.27. The van der Waals surface area contributed by atoms with Crippen molar-refractivity contribution in [3.63, 3.8) is 0 Å². The number of carbonyl (C=O) groups excluding carboxylic acids is 1. The molecule has 2 aromatic heterocycles. The monoisotopic (exact) mass is 305 g/mol. The van der Waals surface area contributed by atoms with E-state index in [-0.39, 0.29) is 5.91 Å². The molecule has 6 nitrogen and oxygen atoms in total. The van der Waals surface area contributed by atoms with Crippen LogP contribution in [0.25, 0.3) is 0 Å². The molecule has 3 heterocycles. The first kappa shape index (κ1) is 14.2. The van der Waals surface area contributed by atoms with Gasteiger partial charge in [0.1, 0.15) is 0 Å². The molecule has 0 N–H and O–H groups in total. The van der Waals surface area contributed by atoms with Crippen molar-refractivity contribution < 1.29 is 4.79 Å². The van der Waals surface area contributed by atoms with Crippen LogP contribution in [0.4, 0.5) is 0 Å². The third kappa shape index (κ3) is 3.68. The van der Waals surface area contributed by atoms with Gasteiger partial charge in [0.2, 0.25) is 5.91 Å². The molecular weight excluding hydrogens is 286 g/mol. The molecule has 0 unspecified atom stereocenters. The number of amides is 1. The van der Waals surface area contributed by atoms with Crippen LogP contribution in [-0.2, 0) is 17.9 Å². The van der Waals surface area contributed by atoms with Crippen LogP contribution >= 0.6 is 11.3 Å². The van der Waals surface area contributed by atoms with Gasteiger partial charge in [-0.1, -0.05) is 11.3 Å². The van der Waals surface area contributed by atoms with Gasteiger partial charge in [-0.05, 0) is 11.4 Å². The van der Waals surface area contributed by atoms with Crippen molar-refractivity contribution >= 4 is 17.2 Å². The Hall–Kier alpha value is -1.73. The highest BCUT2D eigenvalue weighted by Crippen LogP contribution is 2.11. The summed E-state index contributed by atoms with van der Waals surface area (Å²) < 4.78 is 1.88. The van der Waals surface area contributed by atoms with Gasteiger partial charge in [0, 0.05) is 44.5 Å². The van der Waals surface area contributed by atoms with E-state index < -0.39 is 0 Å². The molecule has 0 aliphatic carbocycles. The average molecular weight is 305 g/mol. The molecule has 112 valence electrons. The Morgan fingerprint density at radius 1 is 1.29 bits per heavy atom. The summed E-state index contributed by atoms with van der Waals surface area (Å²) in [4.78, 5) is 16.8. The second kappa shape index (κ2) is 6.36. The van der Waals surface area contributed by atoms with E-state index in [9.17, 15) is 4.79 Å². The lowest BCUT2D eigenvalue weighted by Gasteiger charge is -2.33. The van der Waals surface area contributed by atoms with Crippen molar-refractivity contribution in [2.45, 2.75) is 20.0 Å². The molecule has 3 rings (SSSR count). The lowest BCUT2D eigenvalue weighted by molar-refractivity contribution is -0.130. The molecule has 21 heavy (non-hydrogen) atoms. The Balaban J connectivity index is 1.52. The number of rotatable bonds is 4. The van der Waals surface area contributed by atoms with E-state index in [1.165, 1.54) is 4.88 Å². The lowest BCUT2D eigenvalue weighted by atomic mass is 10.3. The molecular formula is C14H19N5OS. The standard InChI is InChI=1S/C14H19N5OS/c1-12(20)18-6-4-17(5-7-18)9-13-10-19(16-15-13)11-14-3-2-8-21-14/h2-3,8,10H,4-7,9,11H2,1H3. The van der Waals surface area contributed by atoms with Gasteiger partial charge in [0.05, 0.1) is 18.4 Å². The maximum absolute atomic E-state index is 11.3. The van der Waals surface area contributed by atoms with Gasteiger partial charge in [-0.15, -0.1) is 16.4 Å². The minimum absolute atomic E-state index is 0.163. The molecule has 0 bridgehead atoms. The molecule has 2 aromatic rings. The Morgan fingerprint density at radius 2 is 2.10 bits per heavy atom. The largest absolute Gasteiger partial charge is 0.340 e. The number of hydrogen-bond acceptors (Lipinski definition) is 5. The molecule has 1 aliphatic heterocycles. The summed E-state index contributed by atoms with van der Waals surface area (Å²) in [6, 6.07) is 4.15. The van der Waals surface area contributed by atoms with E-state index >= 15 is 0 Å². The predicted molar refractivity (Wildman–Crippen MR) is 81.0 cm³/mol. The van der Waals surface area contributed by atoms with Crippen LogP contribution in [-0.4, -0.2) is 56.9 Å². The number of aromatic nitrogens is 3. The van der Waals surface area contributed by atoms with Crippen LogP contribution in [0.3, 0.4) is 0 Å². The van der Waals surface area contributed by atoms with Crippen LogP contribution in [0, 0.1) is 0 Å². The molecule has 0 spiro atoms. The first-order valence-corrected chi connectivity index (χ1v) is 7.98. The summed E-state index contributed by atoms with van der Waals surface area (Å²) in [7, 11) is 0. The van der Waals surface area contributed by atoms with Gasteiger partial charge in [-0.3, -0.25) is 9.69 Å². The molecule has 1 aliphatic rings. The van der Waals surface area contributed by atoms with E-state index in [4.69, 9.17) is 0 Å². The summed E-state index contributed by atoms with van der Waals surface area (Å²) in [6.07, 6.45) is 2.01. The zero-order chi connectivity index (χ0) is 14.7. The van der Waals surface area contributed by atoms with Gasteiger partial charge < -0.3 is 4.90 Å². The molecule has 0 atom stereocenters. The summed E-state index contributed by atoms with van der Waals surface area (Å²) in [5.41, 5.74) is 0.989. The normalized spacial score (nSPS) is 16.3. The van der Waals surface area contributed by atoms with Crippen molar-refractivity contribution in [3.05, 3.63) is 34.3 Å². The minimum Gasteiger partial charge on any atom is -0.340 e. The molecule has 0 aromatic carbocycles. The zero-order valence-electron chi connectivity index (χ0n) is 12.1. The summed E-state index contributed by atoms with van der Waals surface area (Å²) >= 11 is 1.73. The smallest absolute Gasteiger partial charge is 0.219 e.